The second kappa shape index (κ2) is 3.82. The first kappa shape index (κ1) is 10.4. The van der Waals surface area contributed by atoms with E-state index in [1.54, 1.807) is 0 Å². The maximum Gasteiger partial charge on any atom is 0.129 e. The van der Waals surface area contributed by atoms with E-state index in [1.165, 1.54) is 29.7 Å². The topological polar surface area (TPSA) is 12.9 Å². The first-order valence-electron chi connectivity index (χ1n) is 5.56. The highest BCUT2D eigenvalue weighted by Gasteiger charge is 2.15. The summed E-state index contributed by atoms with van der Waals surface area (Å²) in [6.07, 6.45) is 5.45. The van der Waals surface area contributed by atoms with Crippen LogP contribution in [-0.2, 0) is 12.8 Å². The van der Waals surface area contributed by atoms with Gasteiger partial charge in [0.25, 0.3) is 0 Å². The summed E-state index contributed by atoms with van der Waals surface area (Å²) in [4.78, 5) is 4.41. The summed E-state index contributed by atoms with van der Waals surface area (Å²) in [6.45, 7) is 6.84. The van der Waals surface area contributed by atoms with Crippen LogP contribution in [0, 0.1) is 11.5 Å². The highest BCUT2D eigenvalue weighted by atomic mass is 28.3. The van der Waals surface area contributed by atoms with Crippen LogP contribution >= 0.6 is 0 Å². The Hall–Kier alpha value is -1.07. The summed E-state index contributed by atoms with van der Waals surface area (Å²) >= 11 is 0. The number of aromatic nitrogens is 1. The molecule has 0 unspecified atom stereocenters. The van der Waals surface area contributed by atoms with Crippen LogP contribution in [-0.4, -0.2) is 13.1 Å². The van der Waals surface area contributed by atoms with E-state index in [0.717, 1.165) is 6.42 Å². The van der Waals surface area contributed by atoms with Crippen molar-refractivity contribution in [2.24, 2.45) is 0 Å². The van der Waals surface area contributed by atoms with Crippen LogP contribution in [0.15, 0.2) is 12.3 Å². The SMILES string of the molecule is C[Si](C)(C)C#Cc1ccnc2c1CCC2. The van der Waals surface area contributed by atoms with E-state index in [1.807, 2.05) is 6.20 Å². The van der Waals surface area contributed by atoms with Crippen molar-refractivity contribution in [3.8, 4) is 11.5 Å². The Kier molecular flexibility index (Phi) is 2.66. The molecule has 1 aliphatic carbocycles. The van der Waals surface area contributed by atoms with Gasteiger partial charge in [0, 0.05) is 17.5 Å². The molecule has 0 fully saturated rings. The molecule has 0 aromatic carbocycles. The van der Waals surface area contributed by atoms with E-state index >= 15 is 0 Å². The normalized spacial score (nSPS) is 14.3. The molecule has 1 aliphatic rings. The van der Waals surface area contributed by atoms with Gasteiger partial charge in [-0.2, -0.15) is 0 Å². The van der Waals surface area contributed by atoms with Crippen molar-refractivity contribution < 1.29 is 0 Å². The molecule has 1 aromatic rings. The first-order valence-corrected chi connectivity index (χ1v) is 9.06. The van der Waals surface area contributed by atoms with Crippen LogP contribution < -0.4 is 0 Å². The van der Waals surface area contributed by atoms with E-state index in [2.05, 4.69) is 42.2 Å². The molecule has 2 heteroatoms. The van der Waals surface area contributed by atoms with Crippen molar-refractivity contribution in [3.05, 3.63) is 29.1 Å². The van der Waals surface area contributed by atoms with Gasteiger partial charge in [0.1, 0.15) is 8.07 Å². The average molecular weight is 215 g/mol. The Morgan fingerprint density at radius 1 is 1.27 bits per heavy atom. The second-order valence-corrected chi connectivity index (χ2v) is 9.89. The van der Waals surface area contributed by atoms with Crippen molar-refractivity contribution in [2.45, 2.75) is 38.9 Å². The monoisotopic (exact) mass is 215 g/mol. The molecule has 0 aliphatic heterocycles. The molecule has 1 heterocycles. The highest BCUT2D eigenvalue weighted by molar-refractivity contribution is 6.83. The van der Waals surface area contributed by atoms with Gasteiger partial charge in [0.2, 0.25) is 0 Å². The number of hydrogen-bond donors (Lipinski definition) is 0. The van der Waals surface area contributed by atoms with Gasteiger partial charge in [0.15, 0.2) is 0 Å². The molecular weight excluding hydrogens is 198 g/mol. The van der Waals surface area contributed by atoms with Gasteiger partial charge in [-0.15, -0.1) is 5.54 Å². The van der Waals surface area contributed by atoms with Gasteiger partial charge in [-0.25, -0.2) is 0 Å². The van der Waals surface area contributed by atoms with E-state index in [4.69, 9.17) is 0 Å². The predicted molar refractivity (Wildman–Crippen MR) is 66.5 cm³/mol. The Labute approximate surface area is 92.9 Å². The average Bonchev–Trinajstić information content (AvgIpc) is 2.61. The van der Waals surface area contributed by atoms with Crippen LogP contribution in [0.4, 0.5) is 0 Å². The number of fused-ring (bicyclic) bond motifs is 1. The third-order valence-electron chi connectivity index (χ3n) is 2.56. The summed E-state index contributed by atoms with van der Waals surface area (Å²) < 4.78 is 0. The summed E-state index contributed by atoms with van der Waals surface area (Å²) in [6, 6.07) is 2.07. The lowest BCUT2D eigenvalue weighted by Gasteiger charge is -2.05. The second-order valence-electron chi connectivity index (χ2n) is 5.14. The number of nitrogens with zero attached hydrogens (tertiary/aromatic N) is 1. The predicted octanol–water partition coefficient (Wildman–Crippen LogP) is 2.80. The largest absolute Gasteiger partial charge is 0.261 e. The molecule has 0 N–H and O–H groups in total. The smallest absolute Gasteiger partial charge is 0.129 e. The van der Waals surface area contributed by atoms with Crippen molar-refractivity contribution in [1.29, 1.82) is 0 Å². The van der Waals surface area contributed by atoms with E-state index < -0.39 is 8.07 Å². The summed E-state index contributed by atoms with van der Waals surface area (Å²) in [5, 5.41) is 0. The molecule has 0 atom stereocenters. The van der Waals surface area contributed by atoms with Gasteiger partial charge in [-0.3, -0.25) is 4.98 Å². The minimum absolute atomic E-state index is 1.14. The maximum atomic E-state index is 4.41. The molecular formula is C13H17NSi. The van der Waals surface area contributed by atoms with Crippen LogP contribution in [0.3, 0.4) is 0 Å². The number of aryl methyl sites for hydroxylation is 1. The van der Waals surface area contributed by atoms with Gasteiger partial charge >= 0.3 is 0 Å². The summed E-state index contributed by atoms with van der Waals surface area (Å²) in [5.74, 6) is 3.36. The third-order valence-corrected chi connectivity index (χ3v) is 3.43. The lowest BCUT2D eigenvalue weighted by molar-refractivity contribution is 0.899. The third kappa shape index (κ3) is 2.48. The van der Waals surface area contributed by atoms with Gasteiger partial charge in [0.05, 0.1) is 0 Å². The van der Waals surface area contributed by atoms with Crippen molar-refractivity contribution in [3.63, 3.8) is 0 Å². The molecule has 78 valence electrons. The standard InChI is InChI=1S/C13H17NSi/c1-15(2,3)10-8-11-7-9-14-13-6-4-5-12(11)13/h7,9H,4-6H2,1-3H3. The Morgan fingerprint density at radius 2 is 2.07 bits per heavy atom. The fraction of sp³-hybridized carbons (Fsp3) is 0.462. The van der Waals surface area contributed by atoms with Crippen molar-refractivity contribution in [1.82, 2.24) is 4.98 Å². The number of hydrogen-bond acceptors (Lipinski definition) is 1. The summed E-state index contributed by atoms with van der Waals surface area (Å²) in [7, 11) is -1.25. The number of pyridine rings is 1. The first-order chi connectivity index (χ1) is 7.06. The fourth-order valence-electron chi connectivity index (χ4n) is 1.83. The van der Waals surface area contributed by atoms with Crippen molar-refractivity contribution >= 4 is 8.07 Å². The molecule has 0 spiro atoms. The summed E-state index contributed by atoms with van der Waals surface area (Å²) in [5.41, 5.74) is 7.33. The molecule has 0 amide bonds. The zero-order valence-electron chi connectivity index (χ0n) is 9.72. The van der Waals surface area contributed by atoms with Crippen LogP contribution in [0.25, 0.3) is 0 Å². The van der Waals surface area contributed by atoms with Crippen LogP contribution in [0.5, 0.6) is 0 Å². The Balaban J connectivity index is 2.37. The molecule has 0 radical (unpaired) electrons. The Morgan fingerprint density at radius 3 is 2.80 bits per heavy atom. The van der Waals surface area contributed by atoms with Crippen molar-refractivity contribution in [2.75, 3.05) is 0 Å². The van der Waals surface area contributed by atoms with Gasteiger partial charge < -0.3 is 0 Å². The van der Waals surface area contributed by atoms with Crippen LogP contribution in [0.2, 0.25) is 19.6 Å². The molecule has 0 bridgehead atoms. The molecule has 1 nitrogen and oxygen atoms in total. The van der Waals surface area contributed by atoms with E-state index in [-0.39, 0.29) is 0 Å². The lowest BCUT2D eigenvalue weighted by Crippen LogP contribution is -2.16. The molecule has 0 saturated heterocycles. The minimum atomic E-state index is -1.25. The fourth-order valence-corrected chi connectivity index (χ4v) is 2.34. The lowest BCUT2D eigenvalue weighted by atomic mass is 10.1. The zero-order valence-corrected chi connectivity index (χ0v) is 10.7. The van der Waals surface area contributed by atoms with Gasteiger partial charge in [-0.1, -0.05) is 25.6 Å². The molecule has 15 heavy (non-hydrogen) atoms. The quantitative estimate of drug-likeness (QED) is 0.479. The molecule has 0 saturated carbocycles. The van der Waals surface area contributed by atoms with E-state index in [0.29, 0.717) is 0 Å². The Bertz CT molecular complexity index is 432. The van der Waals surface area contributed by atoms with Crippen LogP contribution in [0.1, 0.15) is 23.2 Å². The molecule has 1 aromatic heterocycles. The van der Waals surface area contributed by atoms with Gasteiger partial charge in [-0.05, 0) is 30.9 Å². The number of rotatable bonds is 0. The van der Waals surface area contributed by atoms with E-state index in [9.17, 15) is 0 Å². The highest BCUT2D eigenvalue weighted by Crippen LogP contribution is 2.22. The zero-order chi connectivity index (χ0) is 10.9. The maximum absolute atomic E-state index is 4.41. The molecule has 2 rings (SSSR count). The minimum Gasteiger partial charge on any atom is -0.261 e.